The van der Waals surface area contributed by atoms with Gasteiger partial charge in [-0.2, -0.15) is 0 Å². The monoisotopic (exact) mass is 199 g/mol. The van der Waals surface area contributed by atoms with Crippen LogP contribution in [0.1, 0.15) is 0 Å². The van der Waals surface area contributed by atoms with Crippen molar-refractivity contribution in [2.75, 3.05) is 26.1 Å². The molecule has 0 aliphatic heterocycles. The van der Waals surface area contributed by atoms with E-state index in [1.807, 2.05) is 0 Å². The van der Waals surface area contributed by atoms with E-state index in [0.29, 0.717) is 6.54 Å². The summed E-state index contributed by atoms with van der Waals surface area (Å²) in [6.07, 6.45) is -0.292. The topological polar surface area (TPSA) is 30.5 Å². The maximum Gasteiger partial charge on any atom is 0.173 e. The molecule has 3 nitrogen and oxygen atoms in total. The van der Waals surface area contributed by atoms with Crippen LogP contribution in [0.25, 0.3) is 0 Å². The van der Waals surface area contributed by atoms with E-state index in [2.05, 4.69) is 5.32 Å². The normalized spacial score (nSPS) is 10.6. The predicted molar refractivity (Wildman–Crippen MR) is 52.7 cm³/mol. The minimum Gasteiger partial charge on any atom is -0.380 e. The van der Waals surface area contributed by atoms with Crippen LogP contribution in [0.2, 0.25) is 0 Å². The quantitative estimate of drug-likeness (QED) is 0.734. The van der Waals surface area contributed by atoms with Crippen molar-refractivity contribution in [3.05, 3.63) is 30.1 Å². The molecule has 0 saturated heterocycles. The molecule has 1 aromatic rings. The highest BCUT2D eigenvalue weighted by Crippen LogP contribution is 2.08. The Bertz CT molecular complexity index is 259. The van der Waals surface area contributed by atoms with E-state index in [9.17, 15) is 4.39 Å². The standard InChI is InChI=1S/C10H14FNO2/c1-13-10(14-2)7-12-9-5-3-8(11)4-6-9/h3-6,10,12H,7H2,1-2H3. The van der Waals surface area contributed by atoms with E-state index < -0.39 is 0 Å². The number of halogens is 1. The summed E-state index contributed by atoms with van der Waals surface area (Å²) in [5, 5.41) is 3.06. The van der Waals surface area contributed by atoms with Crippen LogP contribution in [0.15, 0.2) is 24.3 Å². The molecular formula is C10H14FNO2. The fourth-order valence-corrected chi connectivity index (χ4v) is 1.03. The molecule has 14 heavy (non-hydrogen) atoms. The van der Waals surface area contributed by atoms with Gasteiger partial charge in [-0.1, -0.05) is 0 Å². The maximum atomic E-state index is 12.5. The third-order valence-corrected chi connectivity index (χ3v) is 1.84. The first kappa shape index (κ1) is 10.9. The highest BCUT2D eigenvalue weighted by molar-refractivity contribution is 5.42. The van der Waals surface area contributed by atoms with Gasteiger partial charge in [-0.3, -0.25) is 0 Å². The molecule has 0 radical (unpaired) electrons. The van der Waals surface area contributed by atoms with Crippen molar-refractivity contribution in [3.8, 4) is 0 Å². The number of ether oxygens (including phenoxy) is 2. The van der Waals surface area contributed by atoms with Gasteiger partial charge in [0.15, 0.2) is 6.29 Å². The van der Waals surface area contributed by atoms with Crippen LogP contribution in [0.3, 0.4) is 0 Å². The summed E-state index contributed by atoms with van der Waals surface area (Å²) in [4.78, 5) is 0. The van der Waals surface area contributed by atoms with Crippen LogP contribution in [-0.4, -0.2) is 27.1 Å². The predicted octanol–water partition coefficient (Wildman–Crippen LogP) is 1.86. The van der Waals surface area contributed by atoms with Crippen molar-refractivity contribution < 1.29 is 13.9 Å². The van der Waals surface area contributed by atoms with Gasteiger partial charge < -0.3 is 14.8 Å². The summed E-state index contributed by atoms with van der Waals surface area (Å²) in [5.41, 5.74) is 0.838. The molecule has 0 atom stereocenters. The lowest BCUT2D eigenvalue weighted by atomic mass is 10.3. The van der Waals surface area contributed by atoms with Gasteiger partial charge in [0.25, 0.3) is 0 Å². The second-order valence-corrected chi connectivity index (χ2v) is 2.79. The Kier molecular flexibility index (Phi) is 4.35. The van der Waals surface area contributed by atoms with Gasteiger partial charge in [0.1, 0.15) is 5.82 Å². The van der Waals surface area contributed by atoms with Crippen molar-refractivity contribution >= 4 is 5.69 Å². The average molecular weight is 199 g/mol. The first-order valence-electron chi connectivity index (χ1n) is 4.31. The molecule has 0 spiro atoms. The number of rotatable bonds is 5. The van der Waals surface area contributed by atoms with E-state index in [-0.39, 0.29) is 12.1 Å². The van der Waals surface area contributed by atoms with Gasteiger partial charge in [-0.05, 0) is 24.3 Å². The van der Waals surface area contributed by atoms with E-state index in [1.165, 1.54) is 12.1 Å². The fourth-order valence-electron chi connectivity index (χ4n) is 1.03. The number of benzene rings is 1. The summed E-state index contributed by atoms with van der Waals surface area (Å²) in [6.45, 7) is 0.526. The molecule has 0 aliphatic carbocycles. The summed E-state index contributed by atoms with van der Waals surface area (Å²) in [6, 6.07) is 6.13. The average Bonchev–Trinajstić information content (AvgIpc) is 2.22. The van der Waals surface area contributed by atoms with Crippen LogP contribution in [0.5, 0.6) is 0 Å². The summed E-state index contributed by atoms with van der Waals surface area (Å²) >= 11 is 0. The lowest BCUT2D eigenvalue weighted by Crippen LogP contribution is -2.23. The minimum atomic E-state index is -0.292. The van der Waals surface area contributed by atoms with Gasteiger partial charge in [0, 0.05) is 19.9 Å². The second-order valence-electron chi connectivity index (χ2n) is 2.79. The number of methoxy groups -OCH3 is 2. The first-order chi connectivity index (χ1) is 6.76. The smallest absolute Gasteiger partial charge is 0.173 e. The molecular weight excluding hydrogens is 185 g/mol. The molecule has 4 heteroatoms. The third-order valence-electron chi connectivity index (χ3n) is 1.84. The Balaban J connectivity index is 2.41. The zero-order valence-electron chi connectivity index (χ0n) is 8.29. The van der Waals surface area contributed by atoms with Crippen molar-refractivity contribution in [2.24, 2.45) is 0 Å². The Morgan fingerprint density at radius 3 is 2.29 bits per heavy atom. The molecule has 0 fully saturated rings. The molecule has 1 N–H and O–H groups in total. The minimum absolute atomic E-state index is 0.245. The Morgan fingerprint density at radius 1 is 1.21 bits per heavy atom. The lowest BCUT2D eigenvalue weighted by Gasteiger charge is -2.14. The summed E-state index contributed by atoms with van der Waals surface area (Å²) in [7, 11) is 3.14. The molecule has 1 aromatic carbocycles. The zero-order chi connectivity index (χ0) is 10.4. The van der Waals surface area contributed by atoms with Gasteiger partial charge in [0.2, 0.25) is 0 Å². The summed E-state index contributed by atoms with van der Waals surface area (Å²) in [5.74, 6) is -0.245. The summed E-state index contributed by atoms with van der Waals surface area (Å²) < 4.78 is 22.5. The number of nitrogens with one attached hydrogen (secondary N) is 1. The SMILES string of the molecule is COC(CNc1ccc(F)cc1)OC. The first-order valence-corrected chi connectivity index (χ1v) is 4.31. The van der Waals surface area contributed by atoms with E-state index in [1.54, 1.807) is 26.4 Å². The van der Waals surface area contributed by atoms with Crippen LogP contribution in [0, 0.1) is 5.82 Å². The number of anilines is 1. The van der Waals surface area contributed by atoms with Crippen LogP contribution in [-0.2, 0) is 9.47 Å². The van der Waals surface area contributed by atoms with Gasteiger partial charge in [-0.25, -0.2) is 4.39 Å². The van der Waals surface area contributed by atoms with Crippen molar-refractivity contribution in [1.82, 2.24) is 0 Å². The Morgan fingerprint density at radius 2 is 1.79 bits per heavy atom. The molecule has 0 bridgehead atoms. The Labute approximate surface area is 82.8 Å². The van der Waals surface area contributed by atoms with Gasteiger partial charge in [-0.15, -0.1) is 0 Å². The highest BCUT2D eigenvalue weighted by Gasteiger charge is 2.03. The number of hydrogen-bond acceptors (Lipinski definition) is 3. The van der Waals surface area contributed by atoms with Gasteiger partial charge >= 0.3 is 0 Å². The molecule has 0 aliphatic rings. The fraction of sp³-hybridized carbons (Fsp3) is 0.400. The largest absolute Gasteiger partial charge is 0.380 e. The second kappa shape index (κ2) is 5.57. The molecule has 1 rings (SSSR count). The molecule has 0 aromatic heterocycles. The van der Waals surface area contributed by atoms with Crippen LogP contribution >= 0.6 is 0 Å². The number of hydrogen-bond donors (Lipinski definition) is 1. The molecule has 0 heterocycles. The molecule has 0 saturated carbocycles. The highest BCUT2D eigenvalue weighted by atomic mass is 19.1. The lowest BCUT2D eigenvalue weighted by molar-refractivity contribution is -0.0914. The molecule has 0 amide bonds. The van der Waals surface area contributed by atoms with Crippen molar-refractivity contribution in [1.29, 1.82) is 0 Å². The van der Waals surface area contributed by atoms with Gasteiger partial charge in [0.05, 0.1) is 6.54 Å². The van der Waals surface area contributed by atoms with Crippen molar-refractivity contribution in [2.45, 2.75) is 6.29 Å². The van der Waals surface area contributed by atoms with E-state index in [4.69, 9.17) is 9.47 Å². The molecule has 78 valence electrons. The van der Waals surface area contributed by atoms with E-state index >= 15 is 0 Å². The maximum absolute atomic E-state index is 12.5. The third kappa shape index (κ3) is 3.32. The zero-order valence-corrected chi connectivity index (χ0v) is 8.29. The molecule has 0 unspecified atom stereocenters. The van der Waals surface area contributed by atoms with Crippen LogP contribution in [0.4, 0.5) is 10.1 Å². The Hall–Kier alpha value is -1.13. The van der Waals surface area contributed by atoms with Crippen molar-refractivity contribution in [3.63, 3.8) is 0 Å². The van der Waals surface area contributed by atoms with Crippen LogP contribution < -0.4 is 5.32 Å². The van der Waals surface area contributed by atoms with E-state index in [0.717, 1.165) is 5.69 Å².